The van der Waals surface area contributed by atoms with Gasteiger partial charge in [0.25, 0.3) is 0 Å². The zero-order chi connectivity index (χ0) is 39.9. The van der Waals surface area contributed by atoms with E-state index in [9.17, 15) is 0 Å². The van der Waals surface area contributed by atoms with Gasteiger partial charge in [0.05, 0.1) is 0 Å². The van der Waals surface area contributed by atoms with Crippen LogP contribution in [0.25, 0.3) is 22.3 Å². The Hall–Kier alpha value is -6.00. The predicted molar refractivity (Wildman–Crippen MR) is 244 cm³/mol. The van der Waals surface area contributed by atoms with Gasteiger partial charge < -0.3 is 27.4 Å². The number of nitrogens with zero attached hydrogens (tertiary/aromatic N) is 2. The molecule has 8 bridgehead atoms. The van der Waals surface area contributed by atoms with Crippen molar-refractivity contribution in [3.63, 3.8) is 0 Å². The van der Waals surface area contributed by atoms with E-state index in [1.165, 1.54) is 0 Å². The normalized spacial score (nSPS) is 11.0. The average molecular weight is 806 g/mol. The van der Waals surface area contributed by atoms with E-state index in [4.69, 9.17) is 9.97 Å². The number of fused-ring (bicyclic) bond motifs is 8. The zero-order valence-electron chi connectivity index (χ0n) is 35.4. The van der Waals surface area contributed by atoms with Gasteiger partial charge in [0.15, 0.2) is 0 Å². The van der Waals surface area contributed by atoms with Crippen LogP contribution in [0.3, 0.4) is 0 Å². The maximum Gasteiger partial charge on any atom is 3.00 e. The zero-order valence-corrected chi connectivity index (χ0v) is 36.5. The molecule has 1 aliphatic rings. The van der Waals surface area contributed by atoms with Crippen molar-refractivity contribution in [1.29, 1.82) is 0 Å². The molecule has 0 amide bonds. The van der Waals surface area contributed by atoms with Gasteiger partial charge in [-0.2, -0.15) is 0 Å². The van der Waals surface area contributed by atoms with Gasteiger partial charge in [-0.3, -0.25) is 0 Å². The van der Waals surface area contributed by atoms with Gasteiger partial charge in [-0.25, -0.2) is 0 Å². The molecule has 297 valence electrons. The quantitative estimate of drug-likeness (QED) is 0.138. The number of rotatable bonds is 4. The van der Waals surface area contributed by atoms with Crippen LogP contribution in [0.4, 0.5) is 0 Å². The molecule has 5 heterocycles. The second-order valence-corrected chi connectivity index (χ2v) is 12.0. The Bertz CT molecular complexity index is 2280. The van der Waals surface area contributed by atoms with Crippen molar-refractivity contribution >= 4 is 22.3 Å². The molecule has 0 saturated heterocycles. The maximum atomic E-state index is 5.35. The number of hydrogen-bond donors (Lipinski definition) is 2. The predicted octanol–water partition coefficient (Wildman–Crippen LogP) is 10.1. The Kier molecular flexibility index (Phi) is 18.6. The molecule has 0 unspecified atom stereocenters. The Morgan fingerprint density at radius 3 is 0.655 bits per heavy atom. The first kappa shape index (κ1) is 46.4. The van der Waals surface area contributed by atoms with Gasteiger partial charge in [0.2, 0.25) is 0 Å². The van der Waals surface area contributed by atoms with Gasteiger partial charge in [-0.05, 0) is 68.8 Å². The topological polar surface area (TPSA) is 59.8 Å². The van der Waals surface area contributed by atoms with Gasteiger partial charge >= 0.3 is 17.1 Å². The minimum absolute atomic E-state index is 0. The molecule has 0 fully saturated rings. The van der Waals surface area contributed by atoms with Crippen molar-refractivity contribution in [3.05, 3.63) is 244 Å². The number of nitrogens with one attached hydrogen (secondary N) is 2. The molecule has 8 aromatic rings. The Morgan fingerprint density at radius 1 is 0.276 bits per heavy atom. The van der Waals surface area contributed by atoms with E-state index in [2.05, 4.69) is 156 Å². The van der Waals surface area contributed by atoms with E-state index in [0.29, 0.717) is 0 Å². The third kappa shape index (κ3) is 9.92. The summed E-state index contributed by atoms with van der Waals surface area (Å²) in [6.45, 7) is 16.0. The van der Waals surface area contributed by atoms with Crippen molar-refractivity contribution < 1.29 is 17.1 Å². The van der Waals surface area contributed by atoms with E-state index in [1.54, 1.807) is 0 Å². The fraction of sp³-hybridized carbons (Fsp3) is 0.151. The van der Waals surface area contributed by atoms with E-state index in [-0.39, 0.29) is 24.5 Å². The van der Waals surface area contributed by atoms with Crippen molar-refractivity contribution in [3.8, 4) is 0 Å². The van der Waals surface area contributed by atoms with Crippen LogP contribution >= 0.6 is 0 Å². The molecule has 4 nitrogen and oxygen atoms in total. The molecule has 0 spiro atoms. The van der Waals surface area contributed by atoms with Gasteiger partial charge in [-0.1, -0.05) is 201 Å². The summed E-state index contributed by atoms with van der Waals surface area (Å²) in [5.41, 5.74) is 12.5. The minimum atomic E-state index is 0. The number of H-pyrrole nitrogens is 2. The summed E-state index contributed by atoms with van der Waals surface area (Å²) in [5, 5.41) is 3.62. The minimum Gasteiger partial charge on any atom is -0.657 e. The van der Waals surface area contributed by atoms with E-state index in [1.807, 2.05) is 79.7 Å². The van der Waals surface area contributed by atoms with E-state index in [0.717, 1.165) is 88.7 Å². The van der Waals surface area contributed by atoms with E-state index < -0.39 is 0 Å². The molecular formula is C53H57FeN4. The third-order valence-corrected chi connectivity index (χ3v) is 9.00. The van der Waals surface area contributed by atoms with Crippen molar-refractivity contribution in [1.82, 2.24) is 19.9 Å². The number of benzene rings is 4. The third-order valence-electron chi connectivity index (χ3n) is 9.00. The van der Waals surface area contributed by atoms with Gasteiger partial charge in [0, 0.05) is 22.8 Å². The van der Waals surface area contributed by atoms with E-state index >= 15 is 0 Å². The second-order valence-electron chi connectivity index (χ2n) is 12.0. The van der Waals surface area contributed by atoms with Crippen LogP contribution < -0.4 is 31.4 Å². The molecule has 5 heteroatoms. The number of hydrogen-bond acceptors (Lipinski definition) is 0. The van der Waals surface area contributed by atoms with Crippen LogP contribution in [0, 0.1) is 7.43 Å². The number of aromatic nitrogens is 4. The largest absolute Gasteiger partial charge is 3.00 e. The smallest absolute Gasteiger partial charge is 0.657 e. The molecule has 9 rings (SSSR count). The fourth-order valence-corrected chi connectivity index (χ4v) is 6.84. The Labute approximate surface area is 356 Å². The molecule has 1 radical (unpaired) electrons. The molecule has 4 aromatic carbocycles. The van der Waals surface area contributed by atoms with Crippen LogP contribution in [0.2, 0.25) is 0 Å². The molecule has 1 aliphatic heterocycles. The fourth-order valence-electron chi connectivity index (χ4n) is 6.84. The summed E-state index contributed by atoms with van der Waals surface area (Å²) in [6, 6.07) is 59.2. The molecule has 2 N–H and O–H groups in total. The monoisotopic (exact) mass is 805 g/mol. The standard InChI is InChI=1S/C44H30N4.4C2H6.CH3.Fe/c1-5-13-29(14-6-1)41-33-21-23-35(45-33)42(30-15-7-2-8-16-30)37-25-27-39(47-37)44(32-19-11-4-12-20-32)40-28-26-38(48-40)43(31-17-9-3-10-18-31)36-24-22-34(41)46-36;4*1-2;;/h1-28,45,48H;4*1-2H3;1H3;/q-2;;;;;-1;+3. The Morgan fingerprint density at radius 2 is 0.466 bits per heavy atom. The number of aromatic amines is 2. The molecule has 4 aromatic heterocycles. The van der Waals surface area contributed by atoms with Crippen LogP contribution in [-0.4, -0.2) is 9.97 Å². The molecule has 0 saturated carbocycles. The molecular weight excluding hydrogens is 748 g/mol. The van der Waals surface area contributed by atoms with Gasteiger partial charge in [0.1, 0.15) is 0 Å². The van der Waals surface area contributed by atoms with Crippen molar-refractivity contribution in [2.75, 3.05) is 0 Å². The summed E-state index contributed by atoms with van der Waals surface area (Å²) >= 11 is 0. The maximum absolute atomic E-state index is 5.35. The first-order valence-corrected chi connectivity index (χ1v) is 20.2. The summed E-state index contributed by atoms with van der Waals surface area (Å²) < 4.78 is 0. The molecule has 0 aliphatic carbocycles. The first-order valence-electron chi connectivity index (χ1n) is 20.2. The average Bonchev–Trinajstić information content (AvgIpc) is 4.14. The van der Waals surface area contributed by atoms with Crippen LogP contribution in [0.1, 0.15) is 100 Å². The summed E-state index contributed by atoms with van der Waals surface area (Å²) in [5.74, 6) is 0. The summed E-state index contributed by atoms with van der Waals surface area (Å²) in [4.78, 5) is 18.3. The SMILES string of the molecule is CC.CC.CC.CC.[CH3-].[Fe+3].c1ccc(C2=c3ccc([n-]3)=C(c3ccccc3)c3ccc([nH]3)C(c3ccccc3)=c3ccc([n-]3)=C(c3ccccc3)c3ccc2[nH]3)cc1. The first-order chi connectivity index (χ1) is 27.8. The van der Waals surface area contributed by atoms with Crippen LogP contribution in [0.15, 0.2) is 170 Å². The Balaban J connectivity index is 0.000000851. The summed E-state index contributed by atoms with van der Waals surface area (Å²) in [7, 11) is 0. The summed E-state index contributed by atoms with van der Waals surface area (Å²) in [6.07, 6.45) is 0. The van der Waals surface area contributed by atoms with Crippen molar-refractivity contribution in [2.24, 2.45) is 0 Å². The second kappa shape index (κ2) is 23.3. The van der Waals surface area contributed by atoms with Crippen LogP contribution in [-0.2, 0) is 17.1 Å². The van der Waals surface area contributed by atoms with Gasteiger partial charge in [-0.15, -0.1) is 21.4 Å². The molecule has 0 atom stereocenters. The van der Waals surface area contributed by atoms with Crippen molar-refractivity contribution in [2.45, 2.75) is 55.4 Å². The molecule has 58 heavy (non-hydrogen) atoms. The van der Waals surface area contributed by atoms with Crippen LogP contribution in [0.5, 0.6) is 0 Å².